The first-order valence-electron chi connectivity index (χ1n) is 5.06. The Bertz CT molecular complexity index is 270. The molecule has 4 heteroatoms. The summed E-state index contributed by atoms with van der Waals surface area (Å²) in [5.41, 5.74) is 0.844. The maximum absolute atomic E-state index is 10.4. The highest BCUT2D eigenvalue weighted by Crippen LogP contribution is 2.07. The highest BCUT2D eigenvalue weighted by molar-refractivity contribution is 5.78. The minimum absolute atomic E-state index is 0.339. The van der Waals surface area contributed by atoms with Crippen LogP contribution in [0.3, 0.4) is 0 Å². The summed E-state index contributed by atoms with van der Waals surface area (Å²) in [4.78, 5) is 13.7. The van der Waals surface area contributed by atoms with Gasteiger partial charge in [0.25, 0.3) is 0 Å². The molecule has 0 atom stereocenters. The summed E-state index contributed by atoms with van der Waals surface area (Å²) in [6.07, 6.45) is 3.87. The molecular formula is C11H15NO3. The van der Waals surface area contributed by atoms with Crippen LogP contribution in [0.4, 0.5) is 0 Å². The van der Waals surface area contributed by atoms with E-state index in [2.05, 4.69) is 4.85 Å². The number of ether oxygens (including phenoxy) is 2. The quantitative estimate of drug-likeness (QED) is 0.568. The van der Waals surface area contributed by atoms with Crippen molar-refractivity contribution in [2.24, 2.45) is 0 Å². The molecule has 2 heterocycles. The Labute approximate surface area is 89.7 Å². The van der Waals surface area contributed by atoms with Crippen LogP contribution >= 0.6 is 0 Å². The van der Waals surface area contributed by atoms with Gasteiger partial charge in [0.15, 0.2) is 5.70 Å². The third-order valence-corrected chi connectivity index (χ3v) is 2.13. The van der Waals surface area contributed by atoms with Crippen molar-refractivity contribution < 1.29 is 14.3 Å². The number of rotatable bonds is 0. The van der Waals surface area contributed by atoms with Gasteiger partial charge in [-0.15, -0.1) is 0 Å². The Morgan fingerprint density at radius 3 is 2.13 bits per heavy atom. The molecule has 15 heavy (non-hydrogen) atoms. The molecular weight excluding hydrogens is 194 g/mol. The Morgan fingerprint density at radius 1 is 1.13 bits per heavy atom. The first-order chi connectivity index (χ1) is 7.33. The van der Waals surface area contributed by atoms with Crippen molar-refractivity contribution in [2.45, 2.75) is 19.3 Å². The van der Waals surface area contributed by atoms with E-state index in [-0.39, 0.29) is 0 Å². The van der Waals surface area contributed by atoms with Gasteiger partial charge in [0.05, 0.1) is 26.4 Å². The molecule has 1 saturated heterocycles. The molecule has 0 unspecified atom stereocenters. The maximum atomic E-state index is 10.4. The van der Waals surface area contributed by atoms with E-state index >= 15 is 0 Å². The molecule has 0 bridgehead atoms. The van der Waals surface area contributed by atoms with E-state index in [0.29, 0.717) is 45.1 Å². The molecule has 0 aromatic heterocycles. The van der Waals surface area contributed by atoms with E-state index in [4.69, 9.17) is 16.0 Å². The summed E-state index contributed by atoms with van der Waals surface area (Å²) in [7, 11) is 0. The number of carbonyl (C=O) groups excluding carboxylic acids is 1. The summed E-state index contributed by atoms with van der Waals surface area (Å²) < 4.78 is 9.90. The second-order valence-corrected chi connectivity index (χ2v) is 3.28. The van der Waals surface area contributed by atoms with Crippen LogP contribution in [0, 0.1) is 6.57 Å². The minimum atomic E-state index is 0.339. The van der Waals surface area contributed by atoms with Crippen LogP contribution in [-0.4, -0.2) is 32.2 Å². The lowest BCUT2D eigenvalue weighted by atomic mass is 10.2. The average molecular weight is 209 g/mol. The van der Waals surface area contributed by atoms with Crippen molar-refractivity contribution in [2.75, 3.05) is 26.4 Å². The monoisotopic (exact) mass is 209 g/mol. The third kappa shape index (κ3) is 5.31. The van der Waals surface area contributed by atoms with Gasteiger partial charge < -0.3 is 9.47 Å². The Balaban J connectivity index is 0.000000151. The highest BCUT2D eigenvalue weighted by atomic mass is 16.5. The van der Waals surface area contributed by atoms with Gasteiger partial charge in [0, 0.05) is 25.9 Å². The molecule has 4 nitrogen and oxygen atoms in total. The summed E-state index contributed by atoms with van der Waals surface area (Å²) in [5, 5.41) is 0. The van der Waals surface area contributed by atoms with Gasteiger partial charge in [-0.3, -0.25) is 4.79 Å². The molecule has 0 aliphatic carbocycles. The fourth-order valence-electron chi connectivity index (χ4n) is 1.22. The zero-order valence-corrected chi connectivity index (χ0v) is 8.70. The van der Waals surface area contributed by atoms with Gasteiger partial charge in [-0.2, -0.15) is 0 Å². The first kappa shape index (κ1) is 11.9. The molecule has 0 aromatic carbocycles. The number of ketones is 1. The first-order valence-corrected chi connectivity index (χ1v) is 5.06. The van der Waals surface area contributed by atoms with Gasteiger partial charge in [-0.1, -0.05) is 6.08 Å². The number of hydrogen-bond acceptors (Lipinski definition) is 3. The van der Waals surface area contributed by atoms with Gasteiger partial charge in [0.2, 0.25) is 0 Å². The largest absolute Gasteiger partial charge is 0.381 e. The number of carbonyl (C=O) groups is 1. The van der Waals surface area contributed by atoms with E-state index in [1.165, 1.54) is 0 Å². The molecule has 0 radical (unpaired) electrons. The van der Waals surface area contributed by atoms with Crippen molar-refractivity contribution in [3.05, 3.63) is 23.2 Å². The lowest BCUT2D eigenvalue weighted by Gasteiger charge is -2.07. The average Bonchev–Trinajstić information content (AvgIpc) is 2.32. The van der Waals surface area contributed by atoms with E-state index < -0.39 is 0 Å². The van der Waals surface area contributed by atoms with E-state index in [0.717, 1.165) is 12.1 Å². The van der Waals surface area contributed by atoms with E-state index in [9.17, 15) is 4.79 Å². The van der Waals surface area contributed by atoms with Crippen LogP contribution in [0.5, 0.6) is 0 Å². The number of Topliss-reactive ketones (excluding diaryl/α,β-unsaturated/α-hetero) is 1. The summed E-state index contributed by atoms with van der Waals surface area (Å²) >= 11 is 0. The summed E-state index contributed by atoms with van der Waals surface area (Å²) in [6.45, 7) is 9.21. The number of nitrogens with zero attached hydrogens (tertiary/aromatic N) is 1. The molecule has 2 aliphatic rings. The highest BCUT2D eigenvalue weighted by Gasteiger charge is 2.06. The topological polar surface area (TPSA) is 39.9 Å². The molecule has 0 aromatic rings. The van der Waals surface area contributed by atoms with E-state index in [1.807, 2.05) is 6.08 Å². The minimum Gasteiger partial charge on any atom is -0.381 e. The smallest absolute Gasteiger partial charge is 0.166 e. The predicted molar refractivity (Wildman–Crippen MR) is 55.2 cm³/mol. The number of hydrogen-bond donors (Lipinski definition) is 0. The molecule has 0 N–H and O–H groups in total. The standard InChI is InChI=1S/C6H7NO.C5H8O2/c1-7-6-2-4-8-5-3-6;6-5-1-3-7-4-2-5/h2H,3-5H2;1-4H2. The maximum Gasteiger partial charge on any atom is 0.166 e. The van der Waals surface area contributed by atoms with Crippen molar-refractivity contribution in [3.63, 3.8) is 0 Å². The molecule has 0 amide bonds. The van der Waals surface area contributed by atoms with Crippen LogP contribution in [-0.2, 0) is 14.3 Å². The third-order valence-electron chi connectivity index (χ3n) is 2.13. The normalized spacial score (nSPS) is 20.7. The van der Waals surface area contributed by atoms with Crippen molar-refractivity contribution in [1.82, 2.24) is 0 Å². The molecule has 0 saturated carbocycles. The van der Waals surface area contributed by atoms with Gasteiger partial charge in [0.1, 0.15) is 5.78 Å². The van der Waals surface area contributed by atoms with Gasteiger partial charge in [-0.25, -0.2) is 4.85 Å². The second kappa shape index (κ2) is 7.16. The molecule has 2 rings (SSSR count). The van der Waals surface area contributed by atoms with Crippen molar-refractivity contribution in [3.8, 4) is 0 Å². The van der Waals surface area contributed by atoms with Crippen LogP contribution in [0.2, 0.25) is 0 Å². The molecule has 0 spiro atoms. The van der Waals surface area contributed by atoms with Crippen LogP contribution in [0.1, 0.15) is 19.3 Å². The van der Waals surface area contributed by atoms with Crippen molar-refractivity contribution in [1.29, 1.82) is 0 Å². The summed E-state index contributed by atoms with van der Waals surface area (Å²) in [5.74, 6) is 0.339. The zero-order valence-electron chi connectivity index (χ0n) is 8.70. The Morgan fingerprint density at radius 2 is 1.80 bits per heavy atom. The molecule has 2 aliphatic heterocycles. The Hall–Kier alpha value is -1.18. The second-order valence-electron chi connectivity index (χ2n) is 3.28. The Kier molecular flexibility index (Phi) is 5.67. The lowest BCUT2D eigenvalue weighted by molar-refractivity contribution is -0.124. The van der Waals surface area contributed by atoms with Crippen LogP contribution in [0.25, 0.3) is 4.85 Å². The van der Waals surface area contributed by atoms with E-state index in [1.54, 1.807) is 0 Å². The van der Waals surface area contributed by atoms with Crippen molar-refractivity contribution >= 4 is 5.78 Å². The van der Waals surface area contributed by atoms with Crippen LogP contribution < -0.4 is 0 Å². The molecule has 1 fully saturated rings. The lowest BCUT2D eigenvalue weighted by Crippen LogP contribution is -2.14. The van der Waals surface area contributed by atoms with Crippen LogP contribution in [0.15, 0.2) is 11.8 Å². The fraction of sp³-hybridized carbons (Fsp3) is 0.636. The molecule has 82 valence electrons. The summed E-state index contributed by atoms with van der Waals surface area (Å²) in [6, 6.07) is 0. The SMILES string of the molecule is O=C1CCOCC1.[C-]#[N+]C1=CCOCC1. The van der Waals surface area contributed by atoms with Gasteiger partial charge in [-0.05, 0) is 0 Å². The fourth-order valence-corrected chi connectivity index (χ4v) is 1.22. The van der Waals surface area contributed by atoms with Gasteiger partial charge >= 0.3 is 0 Å². The predicted octanol–water partition coefficient (Wildman–Crippen LogP) is 1.58. The zero-order chi connectivity index (χ0) is 10.9.